The standard InChI is InChI=1S/C20H24N4O3S2/c25-18(21-20-23-22-19(28-20)16-8-9-16)12-7-15-5-10-17(11-6-15)29(26,27)24-13-3-1-2-4-14-24/h5-7,10-12,16H,1-4,8-9,13-14H2,(H,21,23,25). The molecule has 1 aliphatic carbocycles. The van der Waals surface area contributed by atoms with Gasteiger partial charge in [-0.3, -0.25) is 10.1 Å². The molecule has 1 aliphatic heterocycles. The fourth-order valence-electron chi connectivity index (χ4n) is 3.28. The Hall–Kier alpha value is -2.10. The number of nitrogens with zero attached hydrogens (tertiary/aromatic N) is 3. The smallest absolute Gasteiger partial charge is 0.250 e. The van der Waals surface area contributed by atoms with Crippen LogP contribution in [0.15, 0.2) is 35.2 Å². The predicted octanol–water partition coefficient (Wildman–Crippen LogP) is 3.63. The first kappa shape index (κ1) is 20.2. The molecule has 2 aliphatic rings. The molecule has 4 rings (SSSR count). The largest absolute Gasteiger partial charge is 0.297 e. The first-order valence-electron chi connectivity index (χ1n) is 9.95. The average molecular weight is 433 g/mol. The van der Waals surface area contributed by atoms with Crippen LogP contribution in [0.2, 0.25) is 0 Å². The van der Waals surface area contributed by atoms with Crippen molar-refractivity contribution < 1.29 is 13.2 Å². The van der Waals surface area contributed by atoms with Crippen LogP contribution in [0.3, 0.4) is 0 Å². The van der Waals surface area contributed by atoms with Crippen LogP contribution < -0.4 is 5.32 Å². The lowest BCUT2D eigenvalue weighted by molar-refractivity contribution is -0.111. The van der Waals surface area contributed by atoms with Crippen molar-refractivity contribution in [1.29, 1.82) is 0 Å². The quantitative estimate of drug-likeness (QED) is 0.704. The van der Waals surface area contributed by atoms with Crippen LogP contribution in [-0.2, 0) is 14.8 Å². The molecule has 1 saturated carbocycles. The number of rotatable bonds is 6. The zero-order chi connectivity index (χ0) is 20.3. The van der Waals surface area contributed by atoms with E-state index in [1.165, 1.54) is 17.4 Å². The van der Waals surface area contributed by atoms with E-state index < -0.39 is 10.0 Å². The molecule has 0 spiro atoms. The van der Waals surface area contributed by atoms with Crippen molar-refractivity contribution in [3.05, 3.63) is 40.9 Å². The Morgan fingerprint density at radius 1 is 1.07 bits per heavy atom. The highest BCUT2D eigenvalue weighted by atomic mass is 32.2. The highest BCUT2D eigenvalue weighted by molar-refractivity contribution is 7.89. The summed E-state index contributed by atoms with van der Waals surface area (Å²) in [6.45, 7) is 1.16. The van der Waals surface area contributed by atoms with E-state index in [2.05, 4.69) is 15.5 Å². The molecule has 2 heterocycles. The molecule has 1 N–H and O–H groups in total. The number of hydrogen-bond donors (Lipinski definition) is 1. The Labute approximate surface area is 174 Å². The average Bonchev–Trinajstić information content (AvgIpc) is 3.51. The lowest BCUT2D eigenvalue weighted by Crippen LogP contribution is -2.31. The topological polar surface area (TPSA) is 92.3 Å². The van der Waals surface area contributed by atoms with Crippen molar-refractivity contribution in [2.75, 3.05) is 18.4 Å². The minimum atomic E-state index is -3.46. The van der Waals surface area contributed by atoms with Crippen LogP contribution in [0.4, 0.5) is 5.13 Å². The van der Waals surface area contributed by atoms with Gasteiger partial charge in [-0.15, -0.1) is 10.2 Å². The zero-order valence-electron chi connectivity index (χ0n) is 16.1. The van der Waals surface area contributed by atoms with E-state index in [1.54, 1.807) is 34.6 Å². The summed E-state index contributed by atoms with van der Waals surface area (Å²) in [7, 11) is -3.46. The molecule has 1 aromatic heterocycles. The molecule has 0 atom stereocenters. The number of anilines is 1. The Morgan fingerprint density at radius 3 is 2.41 bits per heavy atom. The fourth-order valence-corrected chi connectivity index (χ4v) is 5.71. The second-order valence-corrected chi connectivity index (χ2v) is 10.4. The molecular weight excluding hydrogens is 408 g/mol. The predicted molar refractivity (Wildman–Crippen MR) is 113 cm³/mol. The summed E-state index contributed by atoms with van der Waals surface area (Å²) < 4.78 is 27.2. The van der Waals surface area contributed by atoms with Crippen LogP contribution >= 0.6 is 11.3 Å². The number of hydrogen-bond acceptors (Lipinski definition) is 6. The van der Waals surface area contributed by atoms with Crippen molar-refractivity contribution in [2.45, 2.75) is 49.3 Å². The van der Waals surface area contributed by atoms with E-state index in [4.69, 9.17) is 0 Å². The van der Waals surface area contributed by atoms with Crippen molar-refractivity contribution in [3.63, 3.8) is 0 Å². The number of carbonyl (C=O) groups excluding carboxylic acids is 1. The summed E-state index contributed by atoms with van der Waals surface area (Å²) in [5, 5.41) is 12.3. The molecule has 29 heavy (non-hydrogen) atoms. The van der Waals surface area contributed by atoms with Gasteiger partial charge in [-0.2, -0.15) is 4.31 Å². The number of sulfonamides is 1. The Balaban J connectivity index is 1.37. The second kappa shape index (κ2) is 8.73. The summed E-state index contributed by atoms with van der Waals surface area (Å²) in [5.41, 5.74) is 0.755. The number of benzene rings is 1. The van der Waals surface area contributed by atoms with Gasteiger partial charge in [-0.25, -0.2) is 8.42 Å². The fraction of sp³-hybridized carbons (Fsp3) is 0.450. The van der Waals surface area contributed by atoms with Gasteiger partial charge < -0.3 is 0 Å². The van der Waals surface area contributed by atoms with Gasteiger partial charge in [0.1, 0.15) is 5.01 Å². The third-order valence-electron chi connectivity index (χ3n) is 5.11. The highest BCUT2D eigenvalue weighted by Crippen LogP contribution is 2.42. The van der Waals surface area contributed by atoms with Gasteiger partial charge in [0.15, 0.2) is 0 Å². The molecule has 154 valence electrons. The maximum atomic E-state index is 12.8. The Kier molecular flexibility index (Phi) is 6.07. The number of aromatic nitrogens is 2. The molecular formula is C20H24N4O3S2. The maximum Gasteiger partial charge on any atom is 0.250 e. The summed E-state index contributed by atoms with van der Waals surface area (Å²) in [4.78, 5) is 12.4. The lowest BCUT2D eigenvalue weighted by atomic mass is 10.2. The molecule has 1 aromatic carbocycles. The third kappa shape index (κ3) is 5.09. The first-order valence-corrected chi connectivity index (χ1v) is 12.2. The van der Waals surface area contributed by atoms with E-state index in [0.717, 1.165) is 49.1 Å². The van der Waals surface area contributed by atoms with E-state index in [0.29, 0.717) is 29.0 Å². The molecule has 1 amide bonds. The lowest BCUT2D eigenvalue weighted by Gasteiger charge is -2.19. The summed E-state index contributed by atoms with van der Waals surface area (Å²) in [6.07, 6.45) is 9.33. The van der Waals surface area contributed by atoms with E-state index in [1.807, 2.05) is 0 Å². The summed E-state index contributed by atoms with van der Waals surface area (Å²) in [6, 6.07) is 6.63. The maximum absolute atomic E-state index is 12.8. The van der Waals surface area contributed by atoms with E-state index in [-0.39, 0.29) is 5.91 Å². The van der Waals surface area contributed by atoms with Crippen LogP contribution in [0.25, 0.3) is 6.08 Å². The molecule has 1 saturated heterocycles. The van der Waals surface area contributed by atoms with Crippen molar-refractivity contribution >= 4 is 38.5 Å². The third-order valence-corrected chi connectivity index (χ3v) is 8.02. The number of amides is 1. The van der Waals surface area contributed by atoms with Crippen molar-refractivity contribution in [1.82, 2.24) is 14.5 Å². The van der Waals surface area contributed by atoms with Gasteiger partial charge in [-0.1, -0.05) is 36.3 Å². The van der Waals surface area contributed by atoms with Gasteiger partial charge in [0.2, 0.25) is 21.1 Å². The first-order chi connectivity index (χ1) is 14.0. The SMILES string of the molecule is O=C(C=Cc1ccc(S(=O)(=O)N2CCCCCC2)cc1)Nc1nnc(C2CC2)s1. The molecule has 0 bridgehead atoms. The summed E-state index contributed by atoms with van der Waals surface area (Å²) >= 11 is 1.41. The van der Waals surface area contributed by atoms with Crippen LogP contribution in [-0.4, -0.2) is 41.9 Å². The van der Waals surface area contributed by atoms with Gasteiger partial charge in [0.05, 0.1) is 4.90 Å². The molecule has 7 nitrogen and oxygen atoms in total. The van der Waals surface area contributed by atoms with Crippen molar-refractivity contribution in [3.8, 4) is 0 Å². The van der Waals surface area contributed by atoms with Gasteiger partial charge in [-0.05, 0) is 49.5 Å². The Morgan fingerprint density at radius 2 is 1.76 bits per heavy atom. The second-order valence-electron chi connectivity index (χ2n) is 7.43. The number of nitrogens with one attached hydrogen (secondary N) is 1. The highest BCUT2D eigenvalue weighted by Gasteiger charge is 2.27. The van der Waals surface area contributed by atoms with Gasteiger partial charge in [0, 0.05) is 25.1 Å². The summed E-state index contributed by atoms with van der Waals surface area (Å²) in [5.74, 6) is 0.225. The van der Waals surface area contributed by atoms with Gasteiger partial charge in [0.25, 0.3) is 0 Å². The molecule has 2 fully saturated rings. The monoisotopic (exact) mass is 432 g/mol. The van der Waals surface area contributed by atoms with E-state index >= 15 is 0 Å². The van der Waals surface area contributed by atoms with Crippen molar-refractivity contribution in [2.24, 2.45) is 0 Å². The van der Waals surface area contributed by atoms with E-state index in [9.17, 15) is 13.2 Å². The molecule has 2 aromatic rings. The van der Waals surface area contributed by atoms with Crippen LogP contribution in [0, 0.1) is 0 Å². The zero-order valence-corrected chi connectivity index (χ0v) is 17.7. The molecule has 9 heteroatoms. The minimum Gasteiger partial charge on any atom is -0.297 e. The van der Waals surface area contributed by atoms with Gasteiger partial charge >= 0.3 is 0 Å². The molecule has 0 unspecified atom stereocenters. The van der Waals surface area contributed by atoms with Crippen LogP contribution in [0.1, 0.15) is 55.0 Å². The van der Waals surface area contributed by atoms with Crippen LogP contribution in [0.5, 0.6) is 0 Å². The Bertz CT molecular complexity index is 987. The normalized spacial score (nSPS) is 18.6. The minimum absolute atomic E-state index is 0.287. The number of carbonyl (C=O) groups is 1. The molecule has 0 radical (unpaired) electrons.